The number of oxime groups is 1. The molecule has 3 nitrogen and oxygen atoms in total. The number of hydrogen-bond donors (Lipinski definition) is 0. The molecule has 4 atom stereocenters. The van der Waals surface area contributed by atoms with E-state index in [2.05, 4.69) is 63.3 Å². The van der Waals surface area contributed by atoms with E-state index in [1.54, 1.807) is 0 Å². The van der Waals surface area contributed by atoms with Gasteiger partial charge in [-0.2, -0.15) is 0 Å². The fourth-order valence-corrected chi connectivity index (χ4v) is 9.95. The molecule has 0 spiro atoms. The molecule has 0 saturated carbocycles. The van der Waals surface area contributed by atoms with E-state index in [1.807, 2.05) is 6.07 Å². The van der Waals surface area contributed by atoms with E-state index >= 15 is 0 Å². The van der Waals surface area contributed by atoms with E-state index < -0.39 is 8.07 Å². The highest BCUT2D eigenvalue weighted by Crippen LogP contribution is 2.61. The van der Waals surface area contributed by atoms with Crippen molar-refractivity contribution in [3.63, 3.8) is 0 Å². The van der Waals surface area contributed by atoms with Crippen LogP contribution in [0.5, 0.6) is 0 Å². The fourth-order valence-electron chi connectivity index (χ4n) is 4.91. The highest BCUT2D eigenvalue weighted by molar-refractivity contribution is 6.87. The van der Waals surface area contributed by atoms with Gasteiger partial charge in [-0.3, -0.25) is 0 Å². The Bertz CT molecular complexity index is 586. The molecule has 0 aromatic heterocycles. The van der Waals surface area contributed by atoms with Crippen molar-refractivity contribution in [2.75, 3.05) is 13.2 Å². The molecule has 0 radical (unpaired) electrons. The SMILES string of the molecule is C[C@@H]1C2=NOC[C@@]2(C)[Si](C)(C)[C@H]1[C@@H](C)COCc1ccccc1. The van der Waals surface area contributed by atoms with Crippen molar-refractivity contribution in [2.24, 2.45) is 17.0 Å². The zero-order chi connectivity index (χ0) is 16.7. The van der Waals surface area contributed by atoms with Gasteiger partial charge in [0.1, 0.15) is 6.61 Å². The fraction of sp³-hybridized carbons (Fsp3) is 0.632. The lowest BCUT2D eigenvalue weighted by Crippen LogP contribution is -2.45. The van der Waals surface area contributed by atoms with Crippen molar-refractivity contribution >= 4 is 13.8 Å². The molecule has 2 heterocycles. The normalized spacial score (nSPS) is 33.0. The lowest BCUT2D eigenvalue weighted by Gasteiger charge is -2.39. The Balaban J connectivity index is 1.66. The maximum Gasteiger partial charge on any atom is 0.125 e. The largest absolute Gasteiger partial charge is 0.395 e. The van der Waals surface area contributed by atoms with Gasteiger partial charge in [-0.25, -0.2) is 0 Å². The molecule has 0 bridgehead atoms. The molecule has 1 aromatic carbocycles. The molecule has 126 valence electrons. The van der Waals surface area contributed by atoms with E-state index in [1.165, 1.54) is 11.3 Å². The minimum Gasteiger partial charge on any atom is -0.395 e. The highest BCUT2D eigenvalue weighted by Gasteiger charge is 2.64. The van der Waals surface area contributed by atoms with Crippen molar-refractivity contribution in [3.8, 4) is 0 Å². The first-order chi connectivity index (χ1) is 10.9. The topological polar surface area (TPSA) is 30.8 Å². The first-order valence-corrected chi connectivity index (χ1v) is 11.8. The van der Waals surface area contributed by atoms with E-state index in [4.69, 9.17) is 9.57 Å². The summed E-state index contributed by atoms with van der Waals surface area (Å²) in [6.07, 6.45) is 0. The van der Waals surface area contributed by atoms with Crippen molar-refractivity contribution in [3.05, 3.63) is 35.9 Å². The van der Waals surface area contributed by atoms with Gasteiger partial charge in [0.25, 0.3) is 0 Å². The monoisotopic (exact) mass is 331 g/mol. The first-order valence-electron chi connectivity index (χ1n) is 8.70. The van der Waals surface area contributed by atoms with Crippen LogP contribution in [-0.4, -0.2) is 27.0 Å². The van der Waals surface area contributed by atoms with Gasteiger partial charge in [0.05, 0.1) is 20.4 Å². The van der Waals surface area contributed by atoms with Crippen molar-refractivity contribution in [1.82, 2.24) is 0 Å². The summed E-state index contributed by atoms with van der Waals surface area (Å²) in [5, 5.41) is 4.62. The first kappa shape index (κ1) is 16.7. The summed E-state index contributed by atoms with van der Waals surface area (Å²) in [7, 11) is -1.52. The van der Waals surface area contributed by atoms with Crippen LogP contribution in [0, 0.1) is 11.8 Å². The summed E-state index contributed by atoms with van der Waals surface area (Å²) in [4.78, 5) is 5.48. The van der Waals surface area contributed by atoms with Crippen molar-refractivity contribution in [2.45, 2.75) is 51.1 Å². The Morgan fingerprint density at radius 1 is 1.35 bits per heavy atom. The Kier molecular flexibility index (Phi) is 4.40. The standard InChI is InChI=1S/C19H29NO2Si/c1-14(11-21-12-16-9-7-6-8-10-16)17-15(2)18-19(3,13-22-20-18)23(17,4)5/h6-10,14-15,17H,11-13H2,1-5H3/t14-,15-,17-,19+/m0/s1. The summed E-state index contributed by atoms with van der Waals surface area (Å²) >= 11 is 0. The summed E-state index contributed by atoms with van der Waals surface area (Å²) in [5.41, 5.74) is 3.26. The zero-order valence-electron chi connectivity index (χ0n) is 15.0. The van der Waals surface area contributed by atoms with Crippen molar-refractivity contribution in [1.29, 1.82) is 0 Å². The summed E-state index contributed by atoms with van der Waals surface area (Å²) in [6.45, 7) is 14.4. The van der Waals surface area contributed by atoms with Crippen LogP contribution in [0.15, 0.2) is 35.5 Å². The molecule has 1 aromatic rings. The van der Waals surface area contributed by atoms with Crippen LogP contribution < -0.4 is 0 Å². The Morgan fingerprint density at radius 2 is 2.04 bits per heavy atom. The number of rotatable bonds is 5. The predicted octanol–water partition coefficient (Wildman–Crippen LogP) is 4.71. The Morgan fingerprint density at radius 3 is 2.70 bits per heavy atom. The third kappa shape index (κ3) is 2.66. The number of ether oxygens (including phenoxy) is 1. The average Bonchev–Trinajstić information content (AvgIpc) is 2.97. The van der Waals surface area contributed by atoms with Gasteiger partial charge in [-0.15, -0.1) is 0 Å². The lowest BCUT2D eigenvalue weighted by molar-refractivity contribution is 0.0864. The Hall–Kier alpha value is -1.13. The summed E-state index contributed by atoms with van der Waals surface area (Å²) < 4.78 is 6.04. The van der Waals surface area contributed by atoms with Crippen LogP contribution in [-0.2, 0) is 16.2 Å². The molecule has 2 aliphatic rings. The quantitative estimate of drug-likeness (QED) is 0.731. The molecular weight excluding hydrogens is 302 g/mol. The molecule has 2 aliphatic heterocycles. The van der Waals surface area contributed by atoms with Gasteiger partial charge in [0.15, 0.2) is 0 Å². The highest BCUT2D eigenvalue weighted by atomic mass is 28.3. The predicted molar refractivity (Wildman–Crippen MR) is 97.4 cm³/mol. The number of fused-ring (bicyclic) bond motifs is 1. The average molecular weight is 332 g/mol. The smallest absolute Gasteiger partial charge is 0.125 e. The molecule has 23 heavy (non-hydrogen) atoms. The molecule has 0 unspecified atom stereocenters. The summed E-state index contributed by atoms with van der Waals surface area (Å²) in [6, 6.07) is 10.4. The lowest BCUT2D eigenvalue weighted by atomic mass is 9.88. The van der Waals surface area contributed by atoms with Crippen LogP contribution in [0.4, 0.5) is 0 Å². The third-order valence-electron chi connectivity index (χ3n) is 6.41. The van der Waals surface area contributed by atoms with Gasteiger partial charge in [-0.05, 0) is 22.9 Å². The van der Waals surface area contributed by atoms with E-state index in [0.717, 1.165) is 13.2 Å². The second-order valence-electron chi connectivity index (χ2n) is 8.10. The summed E-state index contributed by atoms with van der Waals surface area (Å²) in [5.74, 6) is 1.07. The molecule has 1 saturated heterocycles. The number of benzene rings is 1. The minimum absolute atomic E-state index is 0.199. The second-order valence-corrected chi connectivity index (χ2v) is 13.3. The maximum atomic E-state index is 6.04. The third-order valence-corrected chi connectivity index (χ3v) is 12.4. The molecule has 0 aliphatic carbocycles. The van der Waals surface area contributed by atoms with Crippen LogP contribution in [0.1, 0.15) is 26.3 Å². The van der Waals surface area contributed by atoms with Crippen LogP contribution in [0.2, 0.25) is 23.7 Å². The molecule has 0 amide bonds. The van der Waals surface area contributed by atoms with Gasteiger partial charge in [0, 0.05) is 11.6 Å². The van der Waals surface area contributed by atoms with Gasteiger partial charge in [0.2, 0.25) is 0 Å². The van der Waals surface area contributed by atoms with Crippen molar-refractivity contribution < 1.29 is 9.57 Å². The van der Waals surface area contributed by atoms with Gasteiger partial charge >= 0.3 is 0 Å². The molecule has 0 N–H and O–H groups in total. The zero-order valence-corrected chi connectivity index (χ0v) is 16.0. The minimum atomic E-state index is -1.52. The van der Waals surface area contributed by atoms with Gasteiger partial charge < -0.3 is 9.57 Å². The van der Waals surface area contributed by atoms with Crippen LogP contribution in [0.3, 0.4) is 0 Å². The van der Waals surface area contributed by atoms with Crippen LogP contribution in [0.25, 0.3) is 0 Å². The van der Waals surface area contributed by atoms with Gasteiger partial charge in [-0.1, -0.05) is 69.4 Å². The van der Waals surface area contributed by atoms with E-state index in [-0.39, 0.29) is 5.04 Å². The second kappa shape index (κ2) is 6.06. The van der Waals surface area contributed by atoms with E-state index in [0.29, 0.717) is 24.0 Å². The Labute approximate surface area is 141 Å². The molecule has 3 rings (SSSR count). The molecule has 1 fully saturated rings. The molecule has 4 heteroatoms. The van der Waals surface area contributed by atoms with Crippen LogP contribution >= 0.6 is 0 Å². The van der Waals surface area contributed by atoms with E-state index in [9.17, 15) is 0 Å². The molecular formula is C19H29NO2Si. The number of hydrogen-bond acceptors (Lipinski definition) is 3. The maximum absolute atomic E-state index is 6.04. The number of nitrogens with zero attached hydrogens (tertiary/aromatic N) is 1.